The van der Waals surface area contributed by atoms with Gasteiger partial charge >= 0.3 is 0 Å². The molecular weight excluding hydrogens is 290 g/mol. The summed E-state index contributed by atoms with van der Waals surface area (Å²) in [7, 11) is 0. The molecular formula is C14H18BrN3. The standard InChI is InChI=1S/C14H18BrN3/c1-9-13(10-5-4-6-11(15)7-10)18-12(17-9)8-14(2,3)16/h4-7H,8,16H2,1-3H3,(H,17,18). The molecule has 0 saturated carbocycles. The smallest absolute Gasteiger partial charge is 0.108 e. The maximum absolute atomic E-state index is 6.02. The Morgan fingerprint density at radius 2 is 2.11 bits per heavy atom. The molecule has 96 valence electrons. The van der Waals surface area contributed by atoms with Crippen molar-refractivity contribution in [2.45, 2.75) is 32.7 Å². The quantitative estimate of drug-likeness (QED) is 0.913. The van der Waals surface area contributed by atoms with Crippen molar-refractivity contribution < 1.29 is 0 Å². The number of aryl methyl sites for hydroxylation is 1. The lowest BCUT2D eigenvalue weighted by molar-refractivity contribution is 0.504. The average molecular weight is 308 g/mol. The summed E-state index contributed by atoms with van der Waals surface area (Å²) in [5, 5.41) is 0. The minimum Gasteiger partial charge on any atom is -0.346 e. The third-order valence-electron chi connectivity index (χ3n) is 2.65. The zero-order chi connectivity index (χ0) is 13.3. The van der Waals surface area contributed by atoms with Gasteiger partial charge in [0.05, 0.1) is 5.69 Å². The van der Waals surface area contributed by atoms with E-state index in [2.05, 4.69) is 38.0 Å². The van der Waals surface area contributed by atoms with Crippen LogP contribution in [-0.4, -0.2) is 15.5 Å². The summed E-state index contributed by atoms with van der Waals surface area (Å²) in [6.07, 6.45) is 0.738. The van der Waals surface area contributed by atoms with Gasteiger partial charge in [-0.1, -0.05) is 28.1 Å². The summed E-state index contributed by atoms with van der Waals surface area (Å²) in [6.45, 7) is 6.05. The number of benzene rings is 1. The number of H-pyrrole nitrogens is 1. The van der Waals surface area contributed by atoms with Crippen LogP contribution in [-0.2, 0) is 6.42 Å². The van der Waals surface area contributed by atoms with Crippen LogP contribution in [0.15, 0.2) is 28.7 Å². The molecule has 0 unspecified atom stereocenters. The predicted molar refractivity (Wildman–Crippen MR) is 78.4 cm³/mol. The molecule has 0 spiro atoms. The summed E-state index contributed by atoms with van der Waals surface area (Å²) in [5.74, 6) is 0.940. The van der Waals surface area contributed by atoms with Crippen molar-refractivity contribution in [3.8, 4) is 11.3 Å². The molecule has 1 heterocycles. The van der Waals surface area contributed by atoms with Gasteiger partial charge in [0, 0.05) is 27.7 Å². The SMILES string of the molecule is Cc1[nH]c(CC(C)(C)N)nc1-c1cccc(Br)c1. The van der Waals surface area contributed by atoms with Crippen LogP contribution in [0.2, 0.25) is 0 Å². The second kappa shape index (κ2) is 4.86. The highest BCUT2D eigenvalue weighted by Gasteiger charge is 2.16. The van der Waals surface area contributed by atoms with Crippen LogP contribution in [0.1, 0.15) is 25.4 Å². The van der Waals surface area contributed by atoms with Crippen molar-refractivity contribution >= 4 is 15.9 Å². The highest BCUT2D eigenvalue weighted by atomic mass is 79.9. The summed E-state index contributed by atoms with van der Waals surface area (Å²) >= 11 is 3.48. The third-order valence-corrected chi connectivity index (χ3v) is 3.15. The Morgan fingerprint density at radius 3 is 2.72 bits per heavy atom. The molecule has 0 atom stereocenters. The van der Waals surface area contributed by atoms with E-state index in [9.17, 15) is 0 Å². The molecule has 0 aliphatic rings. The third kappa shape index (κ3) is 3.21. The lowest BCUT2D eigenvalue weighted by atomic mass is 10.0. The Morgan fingerprint density at radius 1 is 1.39 bits per heavy atom. The second-order valence-corrected chi connectivity index (χ2v) is 6.25. The zero-order valence-corrected chi connectivity index (χ0v) is 12.5. The van der Waals surface area contributed by atoms with Crippen molar-refractivity contribution in [2.75, 3.05) is 0 Å². The number of nitrogens with zero attached hydrogens (tertiary/aromatic N) is 1. The second-order valence-electron chi connectivity index (χ2n) is 5.33. The molecule has 4 heteroatoms. The van der Waals surface area contributed by atoms with Crippen LogP contribution in [0.3, 0.4) is 0 Å². The van der Waals surface area contributed by atoms with Crippen molar-refractivity contribution in [1.82, 2.24) is 9.97 Å². The van der Waals surface area contributed by atoms with Crippen LogP contribution < -0.4 is 5.73 Å². The molecule has 0 aliphatic heterocycles. The van der Waals surface area contributed by atoms with E-state index in [4.69, 9.17) is 5.73 Å². The molecule has 1 aromatic heterocycles. The molecule has 3 nitrogen and oxygen atoms in total. The molecule has 0 aliphatic carbocycles. The number of hydrogen-bond acceptors (Lipinski definition) is 2. The molecule has 0 fully saturated rings. The zero-order valence-electron chi connectivity index (χ0n) is 10.9. The highest BCUT2D eigenvalue weighted by molar-refractivity contribution is 9.10. The summed E-state index contributed by atoms with van der Waals surface area (Å²) in [4.78, 5) is 7.96. The van der Waals surface area contributed by atoms with Crippen molar-refractivity contribution in [3.63, 3.8) is 0 Å². The van der Waals surface area contributed by atoms with Crippen LogP contribution in [0.25, 0.3) is 11.3 Å². The maximum Gasteiger partial charge on any atom is 0.108 e. The normalized spacial score (nSPS) is 11.8. The van der Waals surface area contributed by atoms with Gasteiger partial charge < -0.3 is 10.7 Å². The first-order valence-electron chi connectivity index (χ1n) is 5.95. The first kappa shape index (κ1) is 13.3. The number of hydrogen-bond donors (Lipinski definition) is 2. The number of nitrogens with one attached hydrogen (secondary N) is 1. The number of halogens is 1. The number of aromatic nitrogens is 2. The Hall–Kier alpha value is -1.13. The van der Waals surface area contributed by atoms with Crippen LogP contribution in [0.5, 0.6) is 0 Å². The fourth-order valence-electron chi connectivity index (χ4n) is 1.95. The lowest BCUT2D eigenvalue weighted by Crippen LogP contribution is -2.34. The molecule has 0 bridgehead atoms. The molecule has 3 N–H and O–H groups in total. The fourth-order valence-corrected chi connectivity index (χ4v) is 2.35. The number of aromatic amines is 1. The van der Waals surface area contributed by atoms with E-state index >= 15 is 0 Å². The Labute approximate surface area is 116 Å². The molecule has 2 aromatic rings. The first-order chi connectivity index (χ1) is 8.35. The van der Waals surface area contributed by atoms with E-state index in [1.165, 1.54) is 0 Å². The summed E-state index contributed by atoms with van der Waals surface area (Å²) in [5.41, 5.74) is 8.95. The monoisotopic (exact) mass is 307 g/mol. The summed E-state index contributed by atoms with van der Waals surface area (Å²) < 4.78 is 1.06. The molecule has 0 radical (unpaired) electrons. The van der Waals surface area contributed by atoms with Crippen LogP contribution in [0.4, 0.5) is 0 Å². The van der Waals surface area contributed by atoms with E-state index in [0.717, 1.165) is 33.7 Å². The number of nitrogens with two attached hydrogens (primary N) is 1. The van der Waals surface area contributed by atoms with Gasteiger partial charge in [-0.2, -0.15) is 0 Å². The first-order valence-corrected chi connectivity index (χ1v) is 6.75. The van der Waals surface area contributed by atoms with E-state index in [0.29, 0.717) is 0 Å². The predicted octanol–water partition coefficient (Wildman–Crippen LogP) is 3.43. The van der Waals surface area contributed by atoms with E-state index in [-0.39, 0.29) is 5.54 Å². The minimum absolute atomic E-state index is 0.251. The topological polar surface area (TPSA) is 54.7 Å². The Balaban J connectivity index is 2.35. The number of rotatable bonds is 3. The fraction of sp³-hybridized carbons (Fsp3) is 0.357. The largest absolute Gasteiger partial charge is 0.346 e. The Kier molecular flexibility index (Phi) is 3.59. The van der Waals surface area contributed by atoms with Crippen molar-refractivity contribution in [2.24, 2.45) is 5.73 Å². The van der Waals surface area contributed by atoms with E-state index in [1.54, 1.807) is 0 Å². The van der Waals surface area contributed by atoms with Gasteiger partial charge in [0.15, 0.2) is 0 Å². The summed E-state index contributed by atoms with van der Waals surface area (Å²) in [6, 6.07) is 8.15. The molecule has 2 rings (SSSR count). The Bertz CT molecular complexity index is 552. The van der Waals surface area contributed by atoms with Gasteiger partial charge in [-0.25, -0.2) is 4.98 Å². The van der Waals surface area contributed by atoms with Gasteiger partial charge in [0.25, 0.3) is 0 Å². The highest BCUT2D eigenvalue weighted by Crippen LogP contribution is 2.24. The molecule has 0 amide bonds. The number of imidazole rings is 1. The maximum atomic E-state index is 6.02. The van der Waals surface area contributed by atoms with Crippen LogP contribution >= 0.6 is 15.9 Å². The van der Waals surface area contributed by atoms with Gasteiger partial charge in [0.1, 0.15) is 5.82 Å². The average Bonchev–Trinajstić information content (AvgIpc) is 2.56. The lowest BCUT2D eigenvalue weighted by Gasteiger charge is -2.15. The van der Waals surface area contributed by atoms with Crippen molar-refractivity contribution in [1.29, 1.82) is 0 Å². The molecule has 1 aromatic carbocycles. The minimum atomic E-state index is -0.251. The van der Waals surface area contributed by atoms with Gasteiger partial charge in [0.2, 0.25) is 0 Å². The van der Waals surface area contributed by atoms with Crippen LogP contribution in [0, 0.1) is 6.92 Å². The van der Waals surface area contributed by atoms with Gasteiger partial charge in [-0.3, -0.25) is 0 Å². The van der Waals surface area contributed by atoms with E-state index < -0.39 is 0 Å². The van der Waals surface area contributed by atoms with Gasteiger partial charge in [-0.15, -0.1) is 0 Å². The van der Waals surface area contributed by atoms with E-state index in [1.807, 2.05) is 32.9 Å². The van der Waals surface area contributed by atoms with Crippen molar-refractivity contribution in [3.05, 3.63) is 40.3 Å². The van der Waals surface area contributed by atoms with Gasteiger partial charge in [-0.05, 0) is 32.9 Å². The molecule has 18 heavy (non-hydrogen) atoms. The molecule has 0 saturated heterocycles.